The van der Waals surface area contributed by atoms with Crippen LogP contribution in [-0.4, -0.2) is 33.1 Å². The molecule has 2 atom stereocenters. The molecule has 0 bridgehead atoms. The summed E-state index contributed by atoms with van der Waals surface area (Å²) in [6.07, 6.45) is 0.357. The van der Waals surface area contributed by atoms with Crippen LogP contribution in [0.25, 0.3) is 0 Å². The largest absolute Gasteiger partial charge is 0.273 e. The molecule has 0 saturated heterocycles. The molecule has 2 aromatic rings. The number of nitro groups is 2. The van der Waals surface area contributed by atoms with E-state index in [1.165, 1.54) is 48.5 Å². The number of hydrogen-bond donors (Lipinski definition) is 2. The minimum atomic E-state index is -0.534. The Morgan fingerprint density at radius 2 is 1.09 bits per heavy atom. The van der Waals surface area contributed by atoms with Crippen molar-refractivity contribution in [3.8, 4) is 0 Å². The Morgan fingerprint density at radius 1 is 0.758 bits per heavy atom. The maximum absolute atomic E-state index is 12.3. The molecule has 3 rings (SSSR count). The molecule has 12 nitrogen and oxygen atoms in total. The minimum Gasteiger partial charge on any atom is -0.273 e. The molecule has 2 N–H and O–H groups in total. The van der Waals surface area contributed by atoms with E-state index in [1.807, 2.05) is 0 Å². The maximum atomic E-state index is 12.3. The lowest BCUT2D eigenvalue weighted by molar-refractivity contribution is -0.385. The molecule has 0 aromatic heterocycles. The summed E-state index contributed by atoms with van der Waals surface area (Å²) in [6.45, 7) is 3.29. The van der Waals surface area contributed by atoms with Crippen molar-refractivity contribution in [2.24, 2.45) is 22.0 Å². The molecular formula is C21H20N6O6. The highest BCUT2D eigenvalue weighted by molar-refractivity contribution is 6.01. The molecule has 0 unspecified atom stereocenters. The number of rotatable bonds is 8. The first-order chi connectivity index (χ1) is 15.7. The van der Waals surface area contributed by atoms with Crippen LogP contribution in [0.15, 0.2) is 58.7 Å². The van der Waals surface area contributed by atoms with Crippen molar-refractivity contribution in [3.05, 3.63) is 79.9 Å². The van der Waals surface area contributed by atoms with Gasteiger partial charge in [-0.3, -0.25) is 29.8 Å². The zero-order chi connectivity index (χ0) is 24.1. The Balaban J connectivity index is 1.51. The van der Waals surface area contributed by atoms with Gasteiger partial charge in [0.05, 0.1) is 33.1 Å². The number of non-ortho nitro benzene ring substituents is 2. The van der Waals surface area contributed by atoms with Crippen LogP contribution in [0.4, 0.5) is 11.4 Å². The van der Waals surface area contributed by atoms with Gasteiger partial charge in [-0.2, -0.15) is 10.2 Å². The van der Waals surface area contributed by atoms with Crippen LogP contribution in [0.1, 0.15) is 31.4 Å². The third kappa shape index (κ3) is 5.81. The van der Waals surface area contributed by atoms with Crippen LogP contribution in [-0.2, 0) is 9.59 Å². The Bertz CT molecular complexity index is 1070. The van der Waals surface area contributed by atoms with Crippen LogP contribution in [0.3, 0.4) is 0 Å². The molecule has 170 valence electrons. The number of nitro benzene ring substituents is 2. The third-order valence-corrected chi connectivity index (χ3v) is 5.12. The fraction of sp³-hybridized carbons (Fsp3) is 0.238. The first-order valence-corrected chi connectivity index (χ1v) is 9.85. The Kier molecular flexibility index (Phi) is 6.86. The molecule has 12 heteroatoms. The van der Waals surface area contributed by atoms with Gasteiger partial charge in [0.1, 0.15) is 0 Å². The summed E-state index contributed by atoms with van der Waals surface area (Å²) in [5.41, 5.74) is 6.88. The maximum Gasteiger partial charge on any atom is 0.269 e. The monoisotopic (exact) mass is 452 g/mol. The van der Waals surface area contributed by atoms with Crippen molar-refractivity contribution in [2.45, 2.75) is 20.3 Å². The summed E-state index contributed by atoms with van der Waals surface area (Å²) in [7, 11) is 0. The third-order valence-electron chi connectivity index (χ3n) is 5.12. The number of hydrogen-bond acceptors (Lipinski definition) is 8. The second kappa shape index (κ2) is 9.77. The molecule has 1 aliphatic rings. The zero-order valence-corrected chi connectivity index (χ0v) is 17.7. The van der Waals surface area contributed by atoms with Gasteiger partial charge in [-0.1, -0.05) is 0 Å². The number of hydrazone groups is 2. The second-order valence-corrected chi connectivity index (χ2v) is 7.40. The van der Waals surface area contributed by atoms with Gasteiger partial charge in [0, 0.05) is 24.3 Å². The quantitative estimate of drug-likeness (QED) is 0.354. The molecule has 1 fully saturated rings. The van der Waals surface area contributed by atoms with Gasteiger partial charge in [-0.05, 0) is 55.7 Å². The molecule has 1 saturated carbocycles. The van der Waals surface area contributed by atoms with Gasteiger partial charge in [0.15, 0.2) is 0 Å². The van der Waals surface area contributed by atoms with Gasteiger partial charge < -0.3 is 0 Å². The van der Waals surface area contributed by atoms with E-state index in [1.54, 1.807) is 13.8 Å². The molecule has 0 radical (unpaired) electrons. The minimum absolute atomic E-state index is 0.0473. The molecule has 33 heavy (non-hydrogen) atoms. The SMILES string of the molecule is CC(=NNC(=O)[C@@H]1C[C@H]1C(=O)NN=C(C)c1ccc([N+](=O)[O-])cc1)c1ccc([N+](=O)[O-])cc1. The Morgan fingerprint density at radius 3 is 1.39 bits per heavy atom. The van der Waals surface area contributed by atoms with Gasteiger partial charge in [-0.15, -0.1) is 0 Å². The highest BCUT2D eigenvalue weighted by Crippen LogP contribution is 2.38. The van der Waals surface area contributed by atoms with Crippen molar-refractivity contribution in [3.63, 3.8) is 0 Å². The van der Waals surface area contributed by atoms with E-state index >= 15 is 0 Å². The van der Waals surface area contributed by atoms with Gasteiger partial charge in [0.25, 0.3) is 11.4 Å². The lowest BCUT2D eigenvalue weighted by Gasteiger charge is -2.04. The van der Waals surface area contributed by atoms with Crippen LogP contribution in [0.5, 0.6) is 0 Å². The summed E-state index contributed by atoms with van der Waals surface area (Å²) < 4.78 is 0. The van der Waals surface area contributed by atoms with E-state index in [2.05, 4.69) is 21.1 Å². The van der Waals surface area contributed by atoms with Gasteiger partial charge in [0.2, 0.25) is 11.8 Å². The highest BCUT2D eigenvalue weighted by Gasteiger charge is 2.48. The van der Waals surface area contributed by atoms with Crippen LogP contribution < -0.4 is 10.9 Å². The van der Waals surface area contributed by atoms with Crippen molar-refractivity contribution < 1.29 is 19.4 Å². The topological polar surface area (TPSA) is 169 Å². The van der Waals surface area contributed by atoms with Crippen molar-refractivity contribution in [2.75, 3.05) is 0 Å². The molecular weight excluding hydrogens is 432 g/mol. The van der Waals surface area contributed by atoms with E-state index < -0.39 is 33.5 Å². The van der Waals surface area contributed by atoms with Crippen LogP contribution >= 0.6 is 0 Å². The summed E-state index contributed by atoms with van der Waals surface area (Å²) in [6, 6.07) is 11.5. The molecule has 2 aromatic carbocycles. The van der Waals surface area contributed by atoms with Crippen molar-refractivity contribution in [1.82, 2.24) is 10.9 Å². The molecule has 1 aliphatic carbocycles. The van der Waals surface area contributed by atoms with Crippen LogP contribution in [0.2, 0.25) is 0 Å². The average Bonchev–Trinajstić information content (AvgIpc) is 3.62. The standard InChI is InChI=1S/C21H20N6O6/c1-12(14-3-7-16(8-4-14)26(30)31)22-24-20(28)18-11-19(18)21(29)25-23-13(2)15-5-9-17(10-6-15)27(32)33/h3-10,18-19H,11H2,1-2H3,(H,24,28)(H,25,29)/t18-,19-/m1/s1. The lowest BCUT2D eigenvalue weighted by Crippen LogP contribution is -2.26. The molecule has 0 spiro atoms. The number of carbonyl (C=O) groups excluding carboxylic acids is 2. The predicted molar refractivity (Wildman–Crippen MR) is 118 cm³/mol. The Hall–Kier alpha value is -4.48. The average molecular weight is 452 g/mol. The molecule has 0 heterocycles. The zero-order valence-electron chi connectivity index (χ0n) is 17.7. The predicted octanol–water partition coefficient (Wildman–Crippen LogP) is 2.52. The summed E-state index contributed by atoms with van der Waals surface area (Å²) in [5, 5.41) is 29.4. The summed E-state index contributed by atoms with van der Waals surface area (Å²) >= 11 is 0. The first-order valence-electron chi connectivity index (χ1n) is 9.85. The van der Waals surface area contributed by atoms with Crippen molar-refractivity contribution >= 4 is 34.6 Å². The lowest BCUT2D eigenvalue weighted by atomic mass is 10.1. The highest BCUT2D eigenvalue weighted by atomic mass is 16.6. The van der Waals surface area contributed by atoms with Crippen LogP contribution in [0, 0.1) is 32.1 Å². The molecule has 2 amide bonds. The van der Waals surface area contributed by atoms with Gasteiger partial charge >= 0.3 is 0 Å². The summed E-state index contributed by atoms with van der Waals surface area (Å²) in [4.78, 5) is 44.9. The van der Waals surface area contributed by atoms with Gasteiger partial charge in [-0.25, -0.2) is 10.9 Å². The Labute approximate surface area is 187 Å². The first kappa shape index (κ1) is 23.2. The fourth-order valence-electron chi connectivity index (χ4n) is 3.00. The number of carbonyl (C=O) groups is 2. The van der Waals surface area contributed by atoms with E-state index in [-0.39, 0.29) is 11.4 Å². The second-order valence-electron chi connectivity index (χ2n) is 7.40. The van der Waals surface area contributed by atoms with E-state index in [0.717, 1.165) is 0 Å². The number of nitrogens with one attached hydrogen (secondary N) is 2. The number of nitrogens with zero attached hydrogens (tertiary/aromatic N) is 4. The normalized spacial score (nSPS) is 17.8. The van der Waals surface area contributed by atoms with E-state index in [4.69, 9.17) is 0 Å². The fourth-order valence-corrected chi connectivity index (χ4v) is 3.00. The smallest absolute Gasteiger partial charge is 0.269 e. The van der Waals surface area contributed by atoms with Crippen molar-refractivity contribution in [1.29, 1.82) is 0 Å². The van der Waals surface area contributed by atoms with E-state index in [0.29, 0.717) is 29.0 Å². The number of amides is 2. The molecule has 0 aliphatic heterocycles. The number of benzene rings is 2. The van der Waals surface area contributed by atoms with E-state index in [9.17, 15) is 29.8 Å². The summed E-state index contributed by atoms with van der Waals surface area (Å²) in [5.74, 6) is -1.89.